The van der Waals surface area contributed by atoms with Gasteiger partial charge in [-0.1, -0.05) is 30.3 Å². The second-order valence-corrected chi connectivity index (χ2v) is 9.35. The summed E-state index contributed by atoms with van der Waals surface area (Å²) in [7, 11) is 0. The molecule has 0 spiro atoms. The summed E-state index contributed by atoms with van der Waals surface area (Å²) in [5, 5.41) is 17.6. The molecule has 39 heavy (non-hydrogen) atoms. The molecule has 2 amide bonds. The molecule has 3 aromatic carbocycles. The van der Waals surface area contributed by atoms with Crippen LogP contribution in [0.25, 0.3) is 11.3 Å². The number of anilines is 3. The molecule has 10 nitrogen and oxygen atoms in total. The lowest BCUT2D eigenvalue weighted by Gasteiger charge is -2.29. The first-order valence-corrected chi connectivity index (χ1v) is 12.8. The summed E-state index contributed by atoms with van der Waals surface area (Å²) in [6, 6.07) is 21.1. The number of fused-ring (bicyclic) bond motifs is 1. The summed E-state index contributed by atoms with van der Waals surface area (Å²) in [5.74, 6) is -0.392. The molecule has 0 aliphatic carbocycles. The van der Waals surface area contributed by atoms with Crippen molar-refractivity contribution in [1.29, 1.82) is 0 Å². The average Bonchev–Trinajstić information content (AvgIpc) is 3.28. The van der Waals surface area contributed by atoms with Gasteiger partial charge in [-0.25, -0.2) is 0 Å². The van der Waals surface area contributed by atoms with Crippen LogP contribution in [0.4, 0.5) is 22.7 Å². The van der Waals surface area contributed by atoms with Crippen LogP contribution in [0.15, 0.2) is 72.8 Å². The number of hydrogen-bond donors (Lipinski definition) is 2. The lowest BCUT2D eigenvalue weighted by atomic mass is 9.99. The van der Waals surface area contributed by atoms with E-state index in [1.807, 2.05) is 54.6 Å². The van der Waals surface area contributed by atoms with Crippen molar-refractivity contribution in [1.82, 2.24) is 4.90 Å². The van der Waals surface area contributed by atoms with Crippen molar-refractivity contribution in [3.05, 3.63) is 94.0 Å². The molecule has 0 bridgehead atoms. The maximum Gasteiger partial charge on any atom is 0.270 e. The lowest BCUT2D eigenvalue weighted by molar-refractivity contribution is -0.384. The van der Waals surface area contributed by atoms with Gasteiger partial charge in [0.15, 0.2) is 0 Å². The maximum absolute atomic E-state index is 13.1. The maximum atomic E-state index is 13.1. The fourth-order valence-corrected chi connectivity index (χ4v) is 4.80. The number of morpholine rings is 1. The molecular formula is C29H29N5O5. The Hall–Kier alpha value is -4.54. The van der Waals surface area contributed by atoms with Gasteiger partial charge in [0.2, 0.25) is 5.91 Å². The third-order valence-corrected chi connectivity index (χ3v) is 6.84. The van der Waals surface area contributed by atoms with E-state index in [4.69, 9.17) is 4.74 Å². The Bertz CT molecular complexity index is 1420. The van der Waals surface area contributed by atoms with Crippen LogP contribution in [0.1, 0.15) is 18.1 Å². The first-order chi connectivity index (χ1) is 18.9. The molecule has 0 aromatic heterocycles. The second-order valence-electron chi connectivity index (χ2n) is 9.35. The second kappa shape index (κ2) is 11.5. The van der Waals surface area contributed by atoms with Crippen LogP contribution in [-0.4, -0.2) is 61.0 Å². The number of nitro benzene ring substituents is 1. The quantitative estimate of drug-likeness (QED) is 0.256. The fraction of sp³-hybridized carbons (Fsp3) is 0.241. The zero-order chi connectivity index (χ0) is 27.4. The van der Waals surface area contributed by atoms with Gasteiger partial charge in [-0.3, -0.25) is 24.6 Å². The predicted octanol–water partition coefficient (Wildman–Crippen LogP) is 4.21. The van der Waals surface area contributed by atoms with E-state index < -0.39 is 4.92 Å². The van der Waals surface area contributed by atoms with Crippen molar-refractivity contribution >= 4 is 45.8 Å². The number of benzene rings is 3. The highest BCUT2D eigenvalue weighted by molar-refractivity contribution is 6.37. The summed E-state index contributed by atoms with van der Waals surface area (Å²) in [5.41, 5.74) is 3.95. The van der Waals surface area contributed by atoms with Gasteiger partial charge in [0.25, 0.3) is 11.6 Å². The van der Waals surface area contributed by atoms with E-state index in [0.717, 1.165) is 30.9 Å². The van der Waals surface area contributed by atoms with Crippen LogP contribution < -0.4 is 15.5 Å². The highest BCUT2D eigenvalue weighted by Crippen LogP contribution is 2.39. The lowest BCUT2D eigenvalue weighted by Crippen LogP contribution is -2.42. The van der Waals surface area contributed by atoms with Crippen LogP contribution >= 0.6 is 0 Å². The Labute approximate surface area is 226 Å². The molecule has 0 atom stereocenters. The third kappa shape index (κ3) is 5.82. The molecule has 2 N–H and O–H groups in total. The third-order valence-electron chi connectivity index (χ3n) is 6.84. The monoisotopic (exact) mass is 527 g/mol. The number of nitrogens with one attached hydrogen (secondary N) is 2. The van der Waals surface area contributed by atoms with E-state index in [1.54, 1.807) is 17.9 Å². The van der Waals surface area contributed by atoms with Crippen molar-refractivity contribution < 1.29 is 19.2 Å². The molecule has 1 saturated heterocycles. The first-order valence-electron chi connectivity index (χ1n) is 12.8. The largest absolute Gasteiger partial charge is 0.379 e. The molecule has 3 aromatic rings. The topological polar surface area (TPSA) is 117 Å². The highest BCUT2D eigenvalue weighted by atomic mass is 16.6. The molecule has 2 heterocycles. The smallest absolute Gasteiger partial charge is 0.270 e. The molecule has 1 fully saturated rings. The summed E-state index contributed by atoms with van der Waals surface area (Å²) < 4.78 is 5.41. The zero-order valence-electron chi connectivity index (χ0n) is 21.6. The van der Waals surface area contributed by atoms with Gasteiger partial charge in [-0.15, -0.1) is 0 Å². The van der Waals surface area contributed by atoms with Crippen LogP contribution in [0.3, 0.4) is 0 Å². The van der Waals surface area contributed by atoms with E-state index in [2.05, 4.69) is 15.5 Å². The fourth-order valence-electron chi connectivity index (χ4n) is 4.80. The van der Waals surface area contributed by atoms with Crippen LogP contribution in [0.2, 0.25) is 0 Å². The Morgan fingerprint density at radius 3 is 2.46 bits per heavy atom. The molecule has 200 valence electrons. The van der Waals surface area contributed by atoms with Crippen LogP contribution in [0.5, 0.6) is 0 Å². The molecule has 0 unspecified atom stereocenters. The van der Waals surface area contributed by atoms with Gasteiger partial charge >= 0.3 is 0 Å². The predicted molar refractivity (Wildman–Crippen MR) is 150 cm³/mol. The number of rotatable bonds is 8. The highest BCUT2D eigenvalue weighted by Gasteiger charge is 2.30. The zero-order valence-corrected chi connectivity index (χ0v) is 21.6. The van der Waals surface area contributed by atoms with Gasteiger partial charge < -0.3 is 20.3 Å². The molecule has 5 rings (SSSR count). The Balaban J connectivity index is 1.45. The van der Waals surface area contributed by atoms with E-state index in [9.17, 15) is 19.7 Å². The summed E-state index contributed by atoms with van der Waals surface area (Å²) in [6.07, 6.45) is 0. The molecule has 0 radical (unpaired) electrons. The van der Waals surface area contributed by atoms with E-state index in [1.165, 1.54) is 12.1 Å². The van der Waals surface area contributed by atoms with E-state index in [-0.39, 0.29) is 17.5 Å². The van der Waals surface area contributed by atoms with Crippen molar-refractivity contribution in [3.63, 3.8) is 0 Å². The number of amides is 2. The van der Waals surface area contributed by atoms with Gasteiger partial charge in [0.05, 0.1) is 29.4 Å². The standard InChI is InChI=1S/C29H29N5O5/c1-20(35)33(14-13-32-15-17-39-18-16-32)23-9-7-22(8-10-23)30-28(21-5-3-2-4-6-21)27-25-19-24(34(37)38)11-12-26(25)31-29(27)36/h2-12,19,30H,13-18H2,1H3,(H,31,36)/b28-27-. The molecule has 0 saturated carbocycles. The van der Waals surface area contributed by atoms with E-state index >= 15 is 0 Å². The van der Waals surface area contributed by atoms with Crippen molar-refractivity contribution in [3.8, 4) is 0 Å². The van der Waals surface area contributed by atoms with Crippen LogP contribution in [0, 0.1) is 10.1 Å². The number of non-ortho nitro benzene ring substituents is 1. The minimum Gasteiger partial charge on any atom is -0.379 e. The first kappa shape index (κ1) is 26.1. The van der Waals surface area contributed by atoms with Crippen molar-refractivity contribution in [2.75, 3.05) is 54.9 Å². The number of carbonyl (C=O) groups excluding carboxylic acids is 2. The van der Waals surface area contributed by atoms with Gasteiger partial charge in [-0.05, 0) is 35.9 Å². The molecular weight excluding hydrogens is 498 g/mol. The number of carbonyl (C=O) groups is 2. The van der Waals surface area contributed by atoms with Gasteiger partial charge in [-0.2, -0.15) is 0 Å². The summed E-state index contributed by atoms with van der Waals surface area (Å²) in [4.78, 5) is 40.5. The average molecular weight is 528 g/mol. The van der Waals surface area contributed by atoms with Gasteiger partial charge in [0, 0.05) is 67.9 Å². The molecule has 2 aliphatic rings. The van der Waals surface area contributed by atoms with Gasteiger partial charge in [0.1, 0.15) is 0 Å². The van der Waals surface area contributed by atoms with Crippen LogP contribution in [-0.2, 0) is 14.3 Å². The Kier molecular flexibility index (Phi) is 7.67. The minimum absolute atomic E-state index is 0.0445. The minimum atomic E-state index is -0.477. The van der Waals surface area contributed by atoms with E-state index in [0.29, 0.717) is 48.0 Å². The van der Waals surface area contributed by atoms with Crippen molar-refractivity contribution in [2.45, 2.75) is 6.92 Å². The molecule has 2 aliphatic heterocycles. The Morgan fingerprint density at radius 2 is 1.79 bits per heavy atom. The SMILES string of the molecule is CC(=O)N(CCN1CCOCC1)c1ccc(N/C(=C2\C(=O)Nc3ccc([N+](=O)[O-])cc32)c2ccccc2)cc1. The molecule has 10 heteroatoms. The number of nitrogens with zero attached hydrogens (tertiary/aromatic N) is 3. The normalized spacial score (nSPS) is 16.3. The Morgan fingerprint density at radius 1 is 1.08 bits per heavy atom. The summed E-state index contributed by atoms with van der Waals surface area (Å²) >= 11 is 0. The number of nitro groups is 1. The van der Waals surface area contributed by atoms with Crippen molar-refractivity contribution in [2.24, 2.45) is 0 Å². The number of hydrogen-bond acceptors (Lipinski definition) is 7. The summed E-state index contributed by atoms with van der Waals surface area (Å²) in [6.45, 7) is 5.99. The number of ether oxygens (including phenoxy) is 1.